The molecular formula is C14H18Cl2N4S. The van der Waals surface area contributed by atoms with Crippen LogP contribution in [0.4, 0.5) is 0 Å². The molecule has 3 N–H and O–H groups in total. The minimum atomic E-state index is 0.0820. The van der Waals surface area contributed by atoms with E-state index in [1.54, 1.807) is 11.8 Å². The van der Waals surface area contributed by atoms with Crippen LogP contribution in [0.15, 0.2) is 29.2 Å². The monoisotopic (exact) mass is 344 g/mol. The highest BCUT2D eigenvalue weighted by Gasteiger charge is 2.17. The topological polar surface area (TPSA) is 55.9 Å². The molecule has 0 bridgehead atoms. The lowest BCUT2D eigenvalue weighted by atomic mass is 10.2. The van der Waals surface area contributed by atoms with E-state index < -0.39 is 0 Å². The first kappa shape index (κ1) is 16.6. The molecule has 4 nitrogen and oxygen atoms in total. The van der Waals surface area contributed by atoms with E-state index in [1.165, 1.54) is 0 Å². The van der Waals surface area contributed by atoms with Gasteiger partial charge < -0.3 is 0 Å². The average Bonchev–Trinajstić information content (AvgIpc) is 2.70. The van der Waals surface area contributed by atoms with Gasteiger partial charge in [-0.25, -0.2) is 0 Å². The van der Waals surface area contributed by atoms with Gasteiger partial charge in [-0.05, 0) is 19.1 Å². The number of aromatic nitrogens is 2. The van der Waals surface area contributed by atoms with Gasteiger partial charge in [0.05, 0.1) is 21.4 Å². The molecule has 1 heterocycles. The van der Waals surface area contributed by atoms with Crippen LogP contribution in [-0.2, 0) is 13.5 Å². The fourth-order valence-electron chi connectivity index (χ4n) is 2.05. The molecule has 0 spiro atoms. The molecule has 2 rings (SSSR count). The predicted molar refractivity (Wildman–Crippen MR) is 89.9 cm³/mol. The summed E-state index contributed by atoms with van der Waals surface area (Å²) >= 11 is 14.1. The van der Waals surface area contributed by atoms with E-state index in [1.807, 2.05) is 42.9 Å². The molecule has 1 aromatic heterocycles. The first-order valence-corrected chi connectivity index (χ1v) is 8.28. The number of benzene rings is 1. The highest BCUT2D eigenvalue weighted by molar-refractivity contribution is 7.99. The van der Waals surface area contributed by atoms with Crippen LogP contribution in [0, 0.1) is 6.92 Å². The highest BCUT2D eigenvalue weighted by atomic mass is 35.5. The summed E-state index contributed by atoms with van der Waals surface area (Å²) in [6.45, 7) is 1.90. The van der Waals surface area contributed by atoms with E-state index in [9.17, 15) is 0 Å². The first-order valence-electron chi connectivity index (χ1n) is 6.54. The largest absolute Gasteiger partial charge is 0.271 e. The van der Waals surface area contributed by atoms with Gasteiger partial charge in [0.1, 0.15) is 0 Å². The third kappa shape index (κ3) is 4.14. The zero-order valence-corrected chi connectivity index (χ0v) is 14.3. The Balaban J connectivity index is 2.02. The minimum Gasteiger partial charge on any atom is -0.271 e. The number of rotatable bonds is 6. The second kappa shape index (κ2) is 7.51. The van der Waals surface area contributed by atoms with E-state index in [-0.39, 0.29) is 6.04 Å². The third-order valence-corrected chi connectivity index (χ3v) is 5.38. The molecule has 0 fully saturated rings. The maximum Gasteiger partial charge on any atom is 0.0847 e. The Kier molecular flexibility index (Phi) is 5.96. The Hall–Kier alpha value is -0.720. The number of aryl methyl sites for hydroxylation is 2. The van der Waals surface area contributed by atoms with Gasteiger partial charge in [0.2, 0.25) is 0 Å². The summed E-state index contributed by atoms with van der Waals surface area (Å²) in [5.41, 5.74) is 4.66. The van der Waals surface area contributed by atoms with Gasteiger partial charge in [-0.2, -0.15) is 5.10 Å². The Labute approximate surface area is 139 Å². The number of hydrogen-bond acceptors (Lipinski definition) is 4. The number of nitrogens with one attached hydrogen (secondary N) is 1. The van der Waals surface area contributed by atoms with Gasteiger partial charge in [0, 0.05) is 30.2 Å². The first-order chi connectivity index (χ1) is 10.0. The molecule has 21 heavy (non-hydrogen) atoms. The number of thioether (sulfide) groups is 1. The van der Waals surface area contributed by atoms with Crippen molar-refractivity contribution in [2.45, 2.75) is 24.3 Å². The molecule has 1 unspecified atom stereocenters. The second-order valence-electron chi connectivity index (χ2n) is 4.78. The zero-order valence-electron chi connectivity index (χ0n) is 11.9. The lowest BCUT2D eigenvalue weighted by Crippen LogP contribution is -2.39. The van der Waals surface area contributed by atoms with E-state index in [0.717, 1.165) is 27.1 Å². The van der Waals surface area contributed by atoms with Crippen LogP contribution in [0.2, 0.25) is 10.0 Å². The Morgan fingerprint density at radius 1 is 1.38 bits per heavy atom. The number of hydrazine groups is 1. The van der Waals surface area contributed by atoms with Crippen LogP contribution < -0.4 is 11.3 Å². The second-order valence-corrected chi connectivity index (χ2v) is 6.63. The molecular weight excluding hydrogens is 327 g/mol. The standard InChI is InChI=1S/C14H18Cl2N4S/c1-9-14(16)12(20(2)19-9)7-10(18-17)8-21-13-6-4-3-5-11(13)15/h3-6,10,18H,7-8,17H2,1-2H3. The third-order valence-electron chi connectivity index (χ3n) is 3.21. The van der Waals surface area contributed by atoms with Crippen LogP contribution in [0.1, 0.15) is 11.4 Å². The molecule has 0 radical (unpaired) electrons. The van der Waals surface area contributed by atoms with Crippen LogP contribution in [0.3, 0.4) is 0 Å². The van der Waals surface area contributed by atoms with E-state index in [4.69, 9.17) is 29.0 Å². The quantitative estimate of drug-likeness (QED) is 0.480. The van der Waals surface area contributed by atoms with Crippen molar-refractivity contribution < 1.29 is 0 Å². The molecule has 1 atom stereocenters. The zero-order chi connectivity index (χ0) is 15.4. The van der Waals surface area contributed by atoms with Crippen molar-refractivity contribution in [2.75, 3.05) is 5.75 Å². The summed E-state index contributed by atoms with van der Waals surface area (Å²) in [6, 6.07) is 7.86. The Morgan fingerprint density at radius 3 is 2.67 bits per heavy atom. The van der Waals surface area contributed by atoms with Crippen molar-refractivity contribution in [3.05, 3.63) is 45.7 Å². The number of nitrogens with zero attached hydrogens (tertiary/aromatic N) is 2. The number of hydrogen-bond donors (Lipinski definition) is 2. The Morgan fingerprint density at radius 2 is 2.10 bits per heavy atom. The summed E-state index contributed by atoms with van der Waals surface area (Å²) in [5.74, 6) is 6.45. The van der Waals surface area contributed by atoms with E-state index >= 15 is 0 Å². The fraction of sp³-hybridized carbons (Fsp3) is 0.357. The van der Waals surface area contributed by atoms with Gasteiger partial charge >= 0.3 is 0 Å². The van der Waals surface area contributed by atoms with Gasteiger partial charge in [-0.15, -0.1) is 11.8 Å². The van der Waals surface area contributed by atoms with Gasteiger partial charge in [-0.3, -0.25) is 16.0 Å². The molecule has 0 amide bonds. The summed E-state index contributed by atoms with van der Waals surface area (Å²) in [4.78, 5) is 1.05. The van der Waals surface area contributed by atoms with E-state index in [2.05, 4.69) is 10.5 Å². The minimum absolute atomic E-state index is 0.0820. The van der Waals surface area contributed by atoms with Gasteiger partial charge in [0.25, 0.3) is 0 Å². The maximum absolute atomic E-state index is 6.28. The van der Waals surface area contributed by atoms with Crippen molar-refractivity contribution in [1.29, 1.82) is 0 Å². The molecule has 114 valence electrons. The summed E-state index contributed by atoms with van der Waals surface area (Å²) in [5, 5.41) is 5.78. The molecule has 0 aliphatic carbocycles. The van der Waals surface area contributed by atoms with Crippen molar-refractivity contribution >= 4 is 35.0 Å². The normalized spacial score (nSPS) is 12.6. The lowest BCUT2D eigenvalue weighted by molar-refractivity contribution is 0.551. The summed E-state index contributed by atoms with van der Waals surface area (Å²) in [7, 11) is 1.89. The SMILES string of the molecule is Cc1nn(C)c(CC(CSc2ccccc2Cl)NN)c1Cl. The van der Waals surface area contributed by atoms with Crippen molar-refractivity contribution in [1.82, 2.24) is 15.2 Å². The summed E-state index contributed by atoms with van der Waals surface area (Å²) < 4.78 is 1.81. The van der Waals surface area contributed by atoms with Gasteiger partial charge in [-0.1, -0.05) is 35.3 Å². The van der Waals surface area contributed by atoms with Crippen molar-refractivity contribution in [3.63, 3.8) is 0 Å². The van der Waals surface area contributed by atoms with Crippen LogP contribution >= 0.6 is 35.0 Å². The predicted octanol–water partition coefficient (Wildman–Crippen LogP) is 3.20. The smallest absolute Gasteiger partial charge is 0.0847 e. The van der Waals surface area contributed by atoms with Crippen LogP contribution in [0.25, 0.3) is 0 Å². The highest BCUT2D eigenvalue weighted by Crippen LogP contribution is 2.28. The number of nitrogens with two attached hydrogens (primary N) is 1. The lowest BCUT2D eigenvalue weighted by Gasteiger charge is -2.16. The van der Waals surface area contributed by atoms with Crippen molar-refractivity contribution in [2.24, 2.45) is 12.9 Å². The van der Waals surface area contributed by atoms with E-state index in [0.29, 0.717) is 11.4 Å². The maximum atomic E-state index is 6.28. The fourth-order valence-corrected chi connectivity index (χ4v) is 3.57. The Bertz CT molecular complexity index is 615. The summed E-state index contributed by atoms with van der Waals surface area (Å²) in [6.07, 6.45) is 0.712. The van der Waals surface area contributed by atoms with Crippen molar-refractivity contribution in [3.8, 4) is 0 Å². The van der Waals surface area contributed by atoms with Crippen LogP contribution in [-0.4, -0.2) is 21.6 Å². The molecule has 0 saturated heterocycles. The molecule has 2 aromatic rings. The molecule has 0 aliphatic heterocycles. The van der Waals surface area contributed by atoms with Crippen LogP contribution in [0.5, 0.6) is 0 Å². The number of halogens is 2. The molecule has 0 aliphatic rings. The molecule has 0 saturated carbocycles. The average molecular weight is 345 g/mol. The molecule has 7 heteroatoms. The van der Waals surface area contributed by atoms with Gasteiger partial charge in [0.15, 0.2) is 0 Å². The molecule has 1 aromatic carbocycles.